The lowest BCUT2D eigenvalue weighted by atomic mass is 10.2. The van der Waals surface area contributed by atoms with Crippen molar-refractivity contribution in [2.24, 2.45) is 0 Å². The third kappa shape index (κ3) is 2.86. The molecule has 0 saturated carbocycles. The van der Waals surface area contributed by atoms with Crippen molar-refractivity contribution in [3.05, 3.63) is 34.6 Å². The zero-order valence-electron chi connectivity index (χ0n) is 13.7. The van der Waals surface area contributed by atoms with E-state index in [0.29, 0.717) is 37.1 Å². The summed E-state index contributed by atoms with van der Waals surface area (Å²) in [5.74, 6) is -0.184. The first-order valence-electron chi connectivity index (χ1n) is 7.87. The zero-order chi connectivity index (χ0) is 17.3. The van der Waals surface area contributed by atoms with Gasteiger partial charge in [0.25, 0.3) is 5.56 Å². The van der Waals surface area contributed by atoms with Crippen LogP contribution in [0.2, 0.25) is 0 Å². The molecule has 1 fully saturated rings. The number of carbonyl (C=O) groups excluding carboxylic acids is 2. The van der Waals surface area contributed by atoms with Crippen molar-refractivity contribution in [1.29, 1.82) is 0 Å². The summed E-state index contributed by atoms with van der Waals surface area (Å²) < 4.78 is 1.13. The first kappa shape index (κ1) is 16.1. The van der Waals surface area contributed by atoms with Crippen LogP contribution in [0.4, 0.5) is 0 Å². The van der Waals surface area contributed by atoms with Gasteiger partial charge in [-0.1, -0.05) is 17.3 Å². The van der Waals surface area contributed by atoms with Crippen LogP contribution in [0.15, 0.2) is 29.1 Å². The summed E-state index contributed by atoms with van der Waals surface area (Å²) in [6.07, 6.45) is 0. The van der Waals surface area contributed by atoms with E-state index in [9.17, 15) is 14.4 Å². The van der Waals surface area contributed by atoms with Crippen molar-refractivity contribution in [1.82, 2.24) is 24.8 Å². The Morgan fingerprint density at radius 3 is 2.38 bits per heavy atom. The molecule has 2 aromatic rings. The van der Waals surface area contributed by atoms with Crippen LogP contribution in [0, 0.1) is 0 Å². The SMILES string of the molecule is CC(=O)N1CCN(C(=O)C(C)n2nnc3ccccc3c2=O)CC1. The number of nitrogens with zero attached hydrogens (tertiary/aromatic N) is 5. The van der Waals surface area contributed by atoms with Gasteiger partial charge in [0, 0.05) is 33.1 Å². The molecule has 1 aliphatic rings. The van der Waals surface area contributed by atoms with Gasteiger partial charge in [0.1, 0.15) is 11.6 Å². The second-order valence-corrected chi connectivity index (χ2v) is 5.86. The van der Waals surface area contributed by atoms with Gasteiger partial charge in [-0.05, 0) is 19.1 Å². The van der Waals surface area contributed by atoms with E-state index in [4.69, 9.17) is 0 Å². The number of hydrogen-bond donors (Lipinski definition) is 0. The molecule has 8 heteroatoms. The van der Waals surface area contributed by atoms with Gasteiger partial charge in [0.2, 0.25) is 11.8 Å². The largest absolute Gasteiger partial charge is 0.339 e. The molecule has 1 saturated heterocycles. The van der Waals surface area contributed by atoms with Crippen molar-refractivity contribution < 1.29 is 9.59 Å². The molecule has 0 bridgehead atoms. The number of amides is 2. The minimum atomic E-state index is -0.738. The molecule has 0 aliphatic carbocycles. The van der Waals surface area contributed by atoms with Crippen LogP contribution in [0.25, 0.3) is 10.9 Å². The number of aromatic nitrogens is 3. The van der Waals surface area contributed by atoms with Crippen molar-refractivity contribution in [2.75, 3.05) is 26.2 Å². The van der Waals surface area contributed by atoms with Crippen LogP contribution in [0.1, 0.15) is 19.9 Å². The van der Waals surface area contributed by atoms with Crippen LogP contribution >= 0.6 is 0 Å². The average Bonchev–Trinajstić information content (AvgIpc) is 2.61. The highest BCUT2D eigenvalue weighted by molar-refractivity contribution is 5.81. The van der Waals surface area contributed by atoms with Gasteiger partial charge in [-0.3, -0.25) is 14.4 Å². The zero-order valence-corrected chi connectivity index (χ0v) is 13.7. The maximum atomic E-state index is 12.7. The number of piperazine rings is 1. The molecular weight excluding hydrogens is 310 g/mol. The van der Waals surface area contributed by atoms with E-state index in [2.05, 4.69) is 10.3 Å². The number of fused-ring (bicyclic) bond motifs is 1. The van der Waals surface area contributed by atoms with Crippen molar-refractivity contribution >= 4 is 22.7 Å². The van der Waals surface area contributed by atoms with Gasteiger partial charge in [-0.15, -0.1) is 5.10 Å². The summed E-state index contributed by atoms with van der Waals surface area (Å²) in [5.41, 5.74) is 0.178. The average molecular weight is 329 g/mol. The third-order valence-electron chi connectivity index (χ3n) is 4.35. The molecule has 1 unspecified atom stereocenters. The number of hydrogen-bond acceptors (Lipinski definition) is 5. The van der Waals surface area contributed by atoms with Gasteiger partial charge >= 0.3 is 0 Å². The van der Waals surface area contributed by atoms with Gasteiger partial charge in [-0.2, -0.15) is 4.68 Å². The fourth-order valence-corrected chi connectivity index (χ4v) is 2.87. The van der Waals surface area contributed by atoms with E-state index < -0.39 is 6.04 Å². The topological polar surface area (TPSA) is 88.4 Å². The Labute approximate surface area is 138 Å². The fraction of sp³-hybridized carbons (Fsp3) is 0.438. The quantitative estimate of drug-likeness (QED) is 0.776. The standard InChI is InChI=1S/C16H19N5O3/c1-11(15(23)20-9-7-19(8-10-20)12(2)22)21-16(24)13-5-3-4-6-14(13)17-18-21/h3-6,11H,7-10H2,1-2H3. The molecule has 126 valence electrons. The van der Waals surface area contributed by atoms with E-state index in [0.717, 1.165) is 4.68 Å². The van der Waals surface area contributed by atoms with Gasteiger partial charge in [-0.25, -0.2) is 0 Å². The Hall–Kier alpha value is -2.77. The smallest absolute Gasteiger partial charge is 0.278 e. The van der Waals surface area contributed by atoms with E-state index in [1.54, 1.807) is 41.0 Å². The minimum absolute atomic E-state index is 0.00626. The summed E-state index contributed by atoms with van der Waals surface area (Å²) in [7, 11) is 0. The molecule has 0 radical (unpaired) electrons. The van der Waals surface area contributed by atoms with E-state index in [1.165, 1.54) is 6.92 Å². The van der Waals surface area contributed by atoms with E-state index >= 15 is 0 Å². The molecule has 1 aromatic carbocycles. The lowest BCUT2D eigenvalue weighted by Crippen LogP contribution is -2.52. The predicted octanol–water partition coefficient (Wildman–Crippen LogP) is 0.0432. The van der Waals surface area contributed by atoms with Crippen LogP contribution in [-0.2, 0) is 9.59 Å². The first-order chi connectivity index (χ1) is 11.5. The Morgan fingerprint density at radius 2 is 1.71 bits per heavy atom. The summed E-state index contributed by atoms with van der Waals surface area (Å²) in [5, 5.41) is 8.36. The third-order valence-corrected chi connectivity index (χ3v) is 4.35. The molecule has 1 aromatic heterocycles. The predicted molar refractivity (Wildman–Crippen MR) is 87.3 cm³/mol. The summed E-state index contributed by atoms with van der Waals surface area (Å²) >= 11 is 0. The normalized spacial score (nSPS) is 16.2. The highest BCUT2D eigenvalue weighted by Crippen LogP contribution is 2.12. The monoisotopic (exact) mass is 329 g/mol. The fourth-order valence-electron chi connectivity index (χ4n) is 2.87. The molecular formula is C16H19N5O3. The molecule has 2 amide bonds. The van der Waals surface area contributed by atoms with E-state index in [1.807, 2.05) is 0 Å². The Morgan fingerprint density at radius 1 is 1.08 bits per heavy atom. The van der Waals surface area contributed by atoms with Gasteiger partial charge in [0.05, 0.1) is 5.39 Å². The molecule has 1 atom stereocenters. The Balaban J connectivity index is 1.81. The number of rotatable bonds is 2. The second-order valence-electron chi connectivity index (χ2n) is 5.86. The Bertz CT molecular complexity index is 839. The van der Waals surface area contributed by atoms with Crippen LogP contribution < -0.4 is 5.56 Å². The molecule has 2 heterocycles. The van der Waals surface area contributed by atoms with Crippen molar-refractivity contribution in [2.45, 2.75) is 19.9 Å². The summed E-state index contributed by atoms with van der Waals surface area (Å²) in [6.45, 7) is 5.09. The lowest BCUT2D eigenvalue weighted by Gasteiger charge is -2.35. The van der Waals surface area contributed by atoms with Gasteiger partial charge in [0.15, 0.2) is 0 Å². The summed E-state index contributed by atoms with van der Waals surface area (Å²) in [6, 6.07) is 6.18. The molecule has 1 aliphatic heterocycles. The highest BCUT2D eigenvalue weighted by Gasteiger charge is 2.28. The molecule has 8 nitrogen and oxygen atoms in total. The van der Waals surface area contributed by atoms with Gasteiger partial charge < -0.3 is 9.80 Å². The molecule has 3 rings (SSSR count). The lowest BCUT2D eigenvalue weighted by molar-refractivity contribution is -0.140. The van der Waals surface area contributed by atoms with Crippen LogP contribution in [0.5, 0.6) is 0 Å². The van der Waals surface area contributed by atoms with Crippen molar-refractivity contribution in [3.8, 4) is 0 Å². The minimum Gasteiger partial charge on any atom is -0.339 e. The van der Waals surface area contributed by atoms with E-state index in [-0.39, 0.29) is 17.4 Å². The maximum absolute atomic E-state index is 12.7. The number of benzene rings is 1. The molecule has 24 heavy (non-hydrogen) atoms. The Kier molecular flexibility index (Phi) is 4.28. The highest BCUT2D eigenvalue weighted by atomic mass is 16.2. The van der Waals surface area contributed by atoms with Crippen molar-refractivity contribution in [3.63, 3.8) is 0 Å². The molecule has 0 N–H and O–H groups in total. The van der Waals surface area contributed by atoms with Crippen LogP contribution in [0.3, 0.4) is 0 Å². The number of carbonyl (C=O) groups is 2. The molecule has 0 spiro atoms. The first-order valence-corrected chi connectivity index (χ1v) is 7.87. The summed E-state index contributed by atoms with van der Waals surface area (Å²) in [4.78, 5) is 39.9. The van der Waals surface area contributed by atoms with Crippen LogP contribution in [-0.4, -0.2) is 62.8 Å². The maximum Gasteiger partial charge on any atom is 0.278 e. The second kappa shape index (κ2) is 6.38.